The van der Waals surface area contributed by atoms with E-state index in [1.54, 1.807) is 18.3 Å². The fourth-order valence-corrected chi connectivity index (χ4v) is 2.74. The van der Waals surface area contributed by atoms with Gasteiger partial charge in [0, 0.05) is 19.3 Å². The zero-order valence-corrected chi connectivity index (χ0v) is 12.3. The molecule has 1 aliphatic rings. The molecule has 2 N–H and O–H groups in total. The Labute approximate surface area is 129 Å². The van der Waals surface area contributed by atoms with E-state index in [0.717, 1.165) is 18.5 Å². The molecule has 1 aromatic carbocycles. The number of aromatic amines is 1. The van der Waals surface area contributed by atoms with E-state index in [1.165, 1.54) is 0 Å². The average molecular weight is 297 g/mol. The molecule has 1 saturated heterocycles. The Kier molecular flexibility index (Phi) is 4.23. The summed E-state index contributed by atoms with van der Waals surface area (Å²) in [5.41, 5.74) is 1.58. The van der Waals surface area contributed by atoms with Gasteiger partial charge in [0.25, 0.3) is 5.91 Å². The quantitative estimate of drug-likeness (QED) is 0.905. The van der Waals surface area contributed by atoms with Gasteiger partial charge >= 0.3 is 0 Å². The SMILES string of the molecule is O=C(N[C@@H]1CCCN(Cc2ccccc2)C1=O)c1ccc[nH]1. The first-order chi connectivity index (χ1) is 10.7. The standard InChI is InChI=1S/C17H19N3O2/c21-16(14-8-4-10-18-14)19-15-9-5-11-20(17(15)22)12-13-6-2-1-3-7-13/h1-4,6-8,10,15,18H,5,9,11-12H2,(H,19,21)/t15-/m1/s1. The number of piperidine rings is 1. The fraction of sp³-hybridized carbons (Fsp3) is 0.294. The van der Waals surface area contributed by atoms with Crippen LogP contribution in [0.5, 0.6) is 0 Å². The van der Waals surface area contributed by atoms with Crippen molar-refractivity contribution >= 4 is 11.8 Å². The highest BCUT2D eigenvalue weighted by Gasteiger charge is 2.30. The van der Waals surface area contributed by atoms with E-state index in [-0.39, 0.29) is 11.8 Å². The van der Waals surface area contributed by atoms with Crippen LogP contribution in [0.15, 0.2) is 48.7 Å². The first-order valence-corrected chi connectivity index (χ1v) is 7.51. The van der Waals surface area contributed by atoms with Gasteiger partial charge < -0.3 is 15.2 Å². The number of carbonyl (C=O) groups is 2. The molecule has 1 aromatic heterocycles. The van der Waals surface area contributed by atoms with Gasteiger partial charge in [-0.3, -0.25) is 9.59 Å². The van der Waals surface area contributed by atoms with Gasteiger partial charge in [-0.1, -0.05) is 30.3 Å². The summed E-state index contributed by atoms with van der Waals surface area (Å²) >= 11 is 0. The van der Waals surface area contributed by atoms with E-state index >= 15 is 0 Å². The molecule has 0 spiro atoms. The van der Waals surface area contributed by atoms with Crippen LogP contribution in [0, 0.1) is 0 Å². The van der Waals surface area contributed by atoms with Crippen molar-refractivity contribution in [2.75, 3.05) is 6.54 Å². The van der Waals surface area contributed by atoms with Crippen LogP contribution in [0.3, 0.4) is 0 Å². The molecule has 114 valence electrons. The minimum Gasteiger partial charge on any atom is -0.357 e. The highest BCUT2D eigenvalue weighted by atomic mass is 16.2. The summed E-state index contributed by atoms with van der Waals surface area (Å²) in [6.45, 7) is 1.33. The number of nitrogens with zero attached hydrogens (tertiary/aromatic N) is 1. The summed E-state index contributed by atoms with van der Waals surface area (Å²) in [4.78, 5) is 29.3. The fourth-order valence-electron chi connectivity index (χ4n) is 2.74. The third-order valence-corrected chi connectivity index (χ3v) is 3.89. The first-order valence-electron chi connectivity index (χ1n) is 7.51. The zero-order valence-electron chi connectivity index (χ0n) is 12.3. The van der Waals surface area contributed by atoms with Crippen LogP contribution < -0.4 is 5.32 Å². The minimum atomic E-state index is -0.437. The molecule has 2 heterocycles. The summed E-state index contributed by atoms with van der Waals surface area (Å²) < 4.78 is 0. The summed E-state index contributed by atoms with van der Waals surface area (Å²) in [6.07, 6.45) is 3.28. The van der Waals surface area contributed by atoms with Crippen molar-refractivity contribution in [1.29, 1.82) is 0 Å². The summed E-state index contributed by atoms with van der Waals surface area (Å²) in [5, 5.41) is 2.83. The van der Waals surface area contributed by atoms with Crippen molar-refractivity contribution in [1.82, 2.24) is 15.2 Å². The van der Waals surface area contributed by atoms with Crippen LogP contribution in [0.2, 0.25) is 0 Å². The number of aromatic nitrogens is 1. The van der Waals surface area contributed by atoms with Gasteiger partial charge in [-0.15, -0.1) is 0 Å². The topological polar surface area (TPSA) is 65.2 Å². The molecule has 0 radical (unpaired) electrons. The van der Waals surface area contributed by atoms with Gasteiger partial charge in [0.05, 0.1) is 0 Å². The normalized spacial score (nSPS) is 18.3. The Bertz CT molecular complexity index is 637. The number of rotatable bonds is 4. The molecule has 2 aromatic rings. The number of benzene rings is 1. The van der Waals surface area contributed by atoms with E-state index in [4.69, 9.17) is 0 Å². The van der Waals surface area contributed by atoms with Crippen molar-refractivity contribution in [2.45, 2.75) is 25.4 Å². The molecule has 0 unspecified atom stereocenters. The van der Waals surface area contributed by atoms with E-state index < -0.39 is 6.04 Å². The molecule has 2 amide bonds. The van der Waals surface area contributed by atoms with Crippen LogP contribution in [0.1, 0.15) is 28.9 Å². The third kappa shape index (κ3) is 3.19. The second-order valence-electron chi connectivity index (χ2n) is 5.50. The van der Waals surface area contributed by atoms with Crippen LogP contribution in [0.4, 0.5) is 0 Å². The second-order valence-corrected chi connectivity index (χ2v) is 5.50. The van der Waals surface area contributed by atoms with Gasteiger partial charge in [-0.2, -0.15) is 0 Å². The largest absolute Gasteiger partial charge is 0.357 e. The number of hydrogen-bond donors (Lipinski definition) is 2. The van der Waals surface area contributed by atoms with Crippen LogP contribution in [0.25, 0.3) is 0 Å². The number of H-pyrrole nitrogens is 1. The molecule has 1 atom stereocenters. The average Bonchev–Trinajstić information content (AvgIpc) is 3.07. The van der Waals surface area contributed by atoms with E-state index in [1.807, 2.05) is 35.2 Å². The number of carbonyl (C=O) groups excluding carboxylic acids is 2. The molecule has 0 bridgehead atoms. The maximum atomic E-state index is 12.5. The van der Waals surface area contributed by atoms with Gasteiger partial charge in [-0.05, 0) is 30.5 Å². The number of nitrogens with one attached hydrogen (secondary N) is 2. The summed E-state index contributed by atoms with van der Waals surface area (Å²) in [5.74, 6) is -0.236. The van der Waals surface area contributed by atoms with Crippen LogP contribution in [-0.4, -0.2) is 34.3 Å². The molecule has 0 aliphatic carbocycles. The first kappa shape index (κ1) is 14.4. The highest BCUT2D eigenvalue weighted by Crippen LogP contribution is 2.15. The smallest absolute Gasteiger partial charge is 0.268 e. The maximum Gasteiger partial charge on any atom is 0.268 e. The monoisotopic (exact) mass is 297 g/mol. The number of amides is 2. The predicted octanol–water partition coefficient (Wildman–Crippen LogP) is 1.94. The summed E-state index contributed by atoms with van der Waals surface area (Å²) in [6, 6.07) is 12.9. The zero-order chi connectivity index (χ0) is 15.4. The van der Waals surface area contributed by atoms with Gasteiger partial charge in [0.2, 0.25) is 5.91 Å². The van der Waals surface area contributed by atoms with E-state index in [2.05, 4.69) is 10.3 Å². The molecular formula is C17H19N3O2. The highest BCUT2D eigenvalue weighted by molar-refractivity contribution is 5.96. The predicted molar refractivity (Wildman–Crippen MR) is 83.1 cm³/mol. The Balaban J connectivity index is 1.64. The van der Waals surface area contributed by atoms with Gasteiger partial charge in [0.1, 0.15) is 11.7 Å². The lowest BCUT2D eigenvalue weighted by atomic mass is 10.0. The van der Waals surface area contributed by atoms with Crippen molar-refractivity contribution < 1.29 is 9.59 Å². The van der Waals surface area contributed by atoms with E-state index in [0.29, 0.717) is 18.7 Å². The minimum absolute atomic E-state index is 0.00462. The summed E-state index contributed by atoms with van der Waals surface area (Å²) in [7, 11) is 0. The van der Waals surface area contributed by atoms with Crippen molar-refractivity contribution in [3.05, 3.63) is 59.9 Å². The van der Waals surface area contributed by atoms with Crippen LogP contribution in [-0.2, 0) is 11.3 Å². The van der Waals surface area contributed by atoms with Crippen molar-refractivity contribution in [2.24, 2.45) is 0 Å². The Morgan fingerprint density at radius 1 is 1.23 bits per heavy atom. The van der Waals surface area contributed by atoms with Crippen molar-refractivity contribution in [3.63, 3.8) is 0 Å². The number of hydrogen-bond acceptors (Lipinski definition) is 2. The van der Waals surface area contributed by atoms with Gasteiger partial charge in [0.15, 0.2) is 0 Å². The molecular weight excluding hydrogens is 278 g/mol. The molecule has 5 nitrogen and oxygen atoms in total. The lowest BCUT2D eigenvalue weighted by Crippen LogP contribution is -2.51. The lowest BCUT2D eigenvalue weighted by Gasteiger charge is -2.32. The Morgan fingerprint density at radius 3 is 2.77 bits per heavy atom. The van der Waals surface area contributed by atoms with Crippen molar-refractivity contribution in [3.8, 4) is 0 Å². The lowest BCUT2D eigenvalue weighted by molar-refractivity contribution is -0.136. The van der Waals surface area contributed by atoms with Crippen LogP contribution >= 0.6 is 0 Å². The van der Waals surface area contributed by atoms with E-state index in [9.17, 15) is 9.59 Å². The van der Waals surface area contributed by atoms with Gasteiger partial charge in [-0.25, -0.2) is 0 Å². The number of likely N-dealkylation sites (tertiary alicyclic amines) is 1. The second kappa shape index (κ2) is 6.47. The molecule has 1 fully saturated rings. The Hall–Kier alpha value is -2.56. The molecule has 3 rings (SSSR count). The Morgan fingerprint density at radius 2 is 2.05 bits per heavy atom. The molecule has 0 saturated carbocycles. The molecule has 5 heteroatoms. The third-order valence-electron chi connectivity index (χ3n) is 3.89. The maximum absolute atomic E-state index is 12.5. The molecule has 22 heavy (non-hydrogen) atoms. The molecule has 1 aliphatic heterocycles.